The fourth-order valence-corrected chi connectivity index (χ4v) is 2.31. The summed E-state index contributed by atoms with van der Waals surface area (Å²) in [5, 5.41) is 9.90. The normalized spacial score (nSPS) is 22.1. The number of nitrogens with two attached hydrogens (primary N) is 1. The molecular formula is C13H20N4O2. The van der Waals surface area contributed by atoms with Crippen molar-refractivity contribution in [1.82, 2.24) is 9.88 Å². The second-order valence-electron chi connectivity index (χ2n) is 5.60. The lowest BCUT2D eigenvalue weighted by Crippen LogP contribution is -2.50. The van der Waals surface area contributed by atoms with Crippen molar-refractivity contribution in [2.24, 2.45) is 11.3 Å². The van der Waals surface area contributed by atoms with Crippen LogP contribution in [0.3, 0.4) is 0 Å². The number of anilines is 1. The van der Waals surface area contributed by atoms with Gasteiger partial charge in [0.1, 0.15) is 5.82 Å². The standard InChI is InChI=1S/C13H20N4O2/c1-13(2)8-17(6-5-10(13)18)12(19)9-3-4-11(16-14)15-7-9/h3-4,7,10,18H,5-6,8,14H2,1-2H3,(H,15,16). The average molecular weight is 264 g/mol. The van der Waals surface area contributed by atoms with E-state index in [0.717, 1.165) is 0 Å². The molecule has 4 N–H and O–H groups in total. The maximum Gasteiger partial charge on any atom is 0.255 e. The van der Waals surface area contributed by atoms with E-state index in [-0.39, 0.29) is 17.4 Å². The Morgan fingerprint density at radius 1 is 1.58 bits per heavy atom. The Kier molecular flexibility index (Phi) is 3.73. The lowest BCUT2D eigenvalue weighted by atomic mass is 9.81. The summed E-state index contributed by atoms with van der Waals surface area (Å²) in [6.45, 7) is 5.05. The summed E-state index contributed by atoms with van der Waals surface area (Å²) in [5.74, 6) is 5.69. The van der Waals surface area contributed by atoms with Crippen molar-refractivity contribution in [1.29, 1.82) is 0 Å². The van der Waals surface area contributed by atoms with Gasteiger partial charge in [0.2, 0.25) is 0 Å². The van der Waals surface area contributed by atoms with Crippen LogP contribution >= 0.6 is 0 Å². The number of amides is 1. The van der Waals surface area contributed by atoms with Crippen LogP contribution in [0, 0.1) is 5.41 Å². The summed E-state index contributed by atoms with van der Waals surface area (Å²) in [4.78, 5) is 18.1. The number of hydrogen-bond acceptors (Lipinski definition) is 5. The van der Waals surface area contributed by atoms with Gasteiger partial charge in [-0.05, 0) is 18.6 Å². The number of nitrogens with zero attached hydrogens (tertiary/aromatic N) is 2. The molecule has 104 valence electrons. The largest absolute Gasteiger partial charge is 0.392 e. The van der Waals surface area contributed by atoms with E-state index >= 15 is 0 Å². The Labute approximate surface area is 112 Å². The molecule has 19 heavy (non-hydrogen) atoms. The number of likely N-dealkylation sites (tertiary alicyclic amines) is 1. The Bertz CT molecular complexity index is 458. The van der Waals surface area contributed by atoms with Crippen LogP contribution in [-0.4, -0.2) is 40.1 Å². The Morgan fingerprint density at radius 2 is 2.32 bits per heavy atom. The van der Waals surface area contributed by atoms with Crippen molar-refractivity contribution >= 4 is 11.7 Å². The topological polar surface area (TPSA) is 91.5 Å². The van der Waals surface area contributed by atoms with E-state index in [4.69, 9.17) is 5.84 Å². The highest BCUT2D eigenvalue weighted by atomic mass is 16.3. The van der Waals surface area contributed by atoms with Crippen molar-refractivity contribution in [2.45, 2.75) is 26.4 Å². The van der Waals surface area contributed by atoms with Crippen LogP contribution in [0.4, 0.5) is 5.82 Å². The predicted octanol–water partition coefficient (Wildman–Crippen LogP) is 0.600. The van der Waals surface area contributed by atoms with Gasteiger partial charge in [-0.25, -0.2) is 10.8 Å². The summed E-state index contributed by atoms with van der Waals surface area (Å²) in [7, 11) is 0. The highest BCUT2D eigenvalue weighted by Gasteiger charge is 2.36. The molecule has 1 fully saturated rings. The number of pyridine rings is 1. The fourth-order valence-electron chi connectivity index (χ4n) is 2.31. The average Bonchev–Trinajstić information content (AvgIpc) is 2.41. The number of nitrogens with one attached hydrogen (secondary N) is 1. The molecule has 0 spiro atoms. The second-order valence-corrected chi connectivity index (χ2v) is 5.60. The number of piperidine rings is 1. The summed E-state index contributed by atoms with van der Waals surface area (Å²) in [5.41, 5.74) is 2.68. The quantitative estimate of drug-likeness (QED) is 0.537. The van der Waals surface area contributed by atoms with Crippen LogP contribution in [0.25, 0.3) is 0 Å². The first-order valence-electron chi connectivity index (χ1n) is 6.34. The number of carbonyl (C=O) groups excluding carboxylic acids is 1. The molecule has 6 heteroatoms. The van der Waals surface area contributed by atoms with Gasteiger partial charge in [-0.15, -0.1) is 0 Å². The molecule has 6 nitrogen and oxygen atoms in total. The number of aliphatic hydroxyl groups is 1. The summed E-state index contributed by atoms with van der Waals surface area (Å²) < 4.78 is 0. The predicted molar refractivity (Wildman–Crippen MR) is 72.4 cm³/mol. The molecule has 1 atom stereocenters. The highest BCUT2D eigenvalue weighted by molar-refractivity contribution is 5.94. The van der Waals surface area contributed by atoms with E-state index in [1.165, 1.54) is 6.20 Å². The van der Waals surface area contributed by atoms with E-state index in [0.29, 0.717) is 30.9 Å². The lowest BCUT2D eigenvalue weighted by molar-refractivity contribution is -0.0182. The zero-order valence-corrected chi connectivity index (χ0v) is 11.3. The molecule has 0 aromatic carbocycles. The number of carbonyl (C=O) groups is 1. The maximum atomic E-state index is 12.3. The molecule has 1 aliphatic heterocycles. The second kappa shape index (κ2) is 5.14. The van der Waals surface area contributed by atoms with E-state index in [1.54, 1.807) is 17.0 Å². The minimum Gasteiger partial charge on any atom is -0.392 e. The molecule has 1 saturated heterocycles. The number of aliphatic hydroxyl groups excluding tert-OH is 1. The SMILES string of the molecule is CC1(C)CN(C(=O)c2ccc(NN)nc2)CCC1O. The number of hydrogen-bond donors (Lipinski definition) is 3. The molecule has 1 aliphatic rings. The maximum absolute atomic E-state index is 12.3. The summed E-state index contributed by atoms with van der Waals surface area (Å²) >= 11 is 0. The zero-order valence-electron chi connectivity index (χ0n) is 11.3. The Hall–Kier alpha value is -1.66. The third-order valence-corrected chi connectivity index (χ3v) is 3.62. The van der Waals surface area contributed by atoms with E-state index in [2.05, 4.69) is 10.4 Å². The monoisotopic (exact) mass is 264 g/mol. The van der Waals surface area contributed by atoms with Crippen LogP contribution in [0.15, 0.2) is 18.3 Å². The van der Waals surface area contributed by atoms with Gasteiger partial charge in [0.15, 0.2) is 0 Å². The van der Waals surface area contributed by atoms with Gasteiger partial charge in [0.25, 0.3) is 5.91 Å². The lowest BCUT2D eigenvalue weighted by Gasteiger charge is -2.41. The van der Waals surface area contributed by atoms with Crippen LogP contribution in [0.1, 0.15) is 30.6 Å². The summed E-state index contributed by atoms with van der Waals surface area (Å²) in [6.07, 6.45) is 1.75. The molecule has 0 saturated carbocycles. The fraction of sp³-hybridized carbons (Fsp3) is 0.538. The first-order chi connectivity index (χ1) is 8.94. The number of rotatable bonds is 2. The van der Waals surface area contributed by atoms with Crippen LogP contribution in [-0.2, 0) is 0 Å². The molecular weight excluding hydrogens is 244 g/mol. The number of aromatic nitrogens is 1. The van der Waals surface area contributed by atoms with Crippen molar-refractivity contribution < 1.29 is 9.90 Å². The molecule has 2 rings (SSSR count). The highest BCUT2D eigenvalue weighted by Crippen LogP contribution is 2.29. The van der Waals surface area contributed by atoms with E-state index < -0.39 is 0 Å². The molecule has 1 unspecified atom stereocenters. The molecule has 2 heterocycles. The summed E-state index contributed by atoms with van der Waals surface area (Å²) in [6, 6.07) is 3.36. The smallest absolute Gasteiger partial charge is 0.255 e. The third-order valence-electron chi connectivity index (χ3n) is 3.62. The van der Waals surface area contributed by atoms with Gasteiger partial charge in [-0.1, -0.05) is 13.8 Å². The first-order valence-corrected chi connectivity index (χ1v) is 6.34. The van der Waals surface area contributed by atoms with Gasteiger partial charge >= 0.3 is 0 Å². The minimum absolute atomic E-state index is 0.0592. The molecule has 1 aromatic heterocycles. The third kappa shape index (κ3) is 2.85. The van der Waals surface area contributed by atoms with Gasteiger partial charge in [-0.3, -0.25) is 4.79 Å². The minimum atomic E-state index is -0.363. The van der Waals surface area contributed by atoms with Gasteiger partial charge in [0, 0.05) is 24.7 Å². The Morgan fingerprint density at radius 3 is 2.84 bits per heavy atom. The van der Waals surface area contributed by atoms with Gasteiger partial charge < -0.3 is 15.4 Å². The van der Waals surface area contributed by atoms with Crippen molar-refractivity contribution in [3.63, 3.8) is 0 Å². The molecule has 1 aromatic rings. The first kappa shape index (κ1) is 13.8. The molecule has 0 radical (unpaired) electrons. The van der Waals surface area contributed by atoms with E-state index in [9.17, 15) is 9.90 Å². The van der Waals surface area contributed by atoms with Crippen LogP contribution in [0.2, 0.25) is 0 Å². The number of nitrogen functional groups attached to an aromatic ring is 1. The van der Waals surface area contributed by atoms with E-state index in [1.807, 2.05) is 13.8 Å². The van der Waals surface area contributed by atoms with Gasteiger partial charge in [0.05, 0.1) is 11.7 Å². The molecule has 1 amide bonds. The molecule has 0 aliphatic carbocycles. The molecule has 0 bridgehead atoms. The van der Waals surface area contributed by atoms with Crippen molar-refractivity contribution in [2.75, 3.05) is 18.5 Å². The van der Waals surface area contributed by atoms with Crippen molar-refractivity contribution in [3.8, 4) is 0 Å². The van der Waals surface area contributed by atoms with Crippen LogP contribution in [0.5, 0.6) is 0 Å². The van der Waals surface area contributed by atoms with Crippen molar-refractivity contribution in [3.05, 3.63) is 23.9 Å². The van der Waals surface area contributed by atoms with Gasteiger partial charge in [-0.2, -0.15) is 0 Å². The Balaban J connectivity index is 2.11. The zero-order chi connectivity index (χ0) is 14.0. The number of hydrazine groups is 1. The van der Waals surface area contributed by atoms with Crippen LogP contribution < -0.4 is 11.3 Å².